The van der Waals surface area contributed by atoms with E-state index in [9.17, 15) is 0 Å². The second-order valence-corrected chi connectivity index (χ2v) is 5.71. The van der Waals surface area contributed by atoms with Gasteiger partial charge in [0.2, 0.25) is 0 Å². The van der Waals surface area contributed by atoms with Gasteiger partial charge in [0, 0.05) is 34.2 Å². The molecule has 5 heteroatoms. The number of anilines is 1. The molecule has 0 aliphatic carbocycles. The number of thioether (sulfide) groups is 1. The molecule has 0 saturated carbocycles. The molecule has 4 rings (SSSR count). The molecular weight excluding hydrogens is 268 g/mol. The van der Waals surface area contributed by atoms with Crippen LogP contribution in [0.15, 0.2) is 36.5 Å². The molecule has 3 heterocycles. The van der Waals surface area contributed by atoms with Crippen LogP contribution >= 0.6 is 11.8 Å². The quantitative estimate of drug-likeness (QED) is 0.742. The Labute approximate surface area is 120 Å². The molecule has 1 aliphatic heterocycles. The fourth-order valence-corrected chi connectivity index (χ4v) is 3.54. The molecule has 0 amide bonds. The fraction of sp³-hybridized carbons (Fsp3) is 0.133. The van der Waals surface area contributed by atoms with Crippen LogP contribution in [0.3, 0.4) is 0 Å². The van der Waals surface area contributed by atoms with Crippen molar-refractivity contribution in [3.8, 4) is 11.4 Å². The Kier molecular flexibility index (Phi) is 2.60. The zero-order chi connectivity index (χ0) is 13.5. The van der Waals surface area contributed by atoms with Crippen LogP contribution in [0, 0.1) is 0 Å². The maximum atomic E-state index is 6.07. The van der Waals surface area contributed by atoms with Gasteiger partial charge in [-0.15, -0.1) is 0 Å². The van der Waals surface area contributed by atoms with E-state index in [-0.39, 0.29) is 0 Å². The average molecular weight is 280 g/mol. The highest BCUT2D eigenvalue weighted by Gasteiger charge is 2.19. The minimum Gasteiger partial charge on any atom is -0.383 e. The Bertz CT molecular complexity index is 811. The standard InChI is InChI=1S/C15H12N4S/c16-14-11-7-20-8-13(11)18-15(19-14)10-5-6-17-12-4-2-1-3-9(10)12/h1-6H,7-8H2,(H2,16,18,19). The summed E-state index contributed by atoms with van der Waals surface area (Å²) in [6, 6.07) is 9.96. The number of nitrogen functional groups attached to an aromatic ring is 1. The number of rotatable bonds is 1. The molecule has 3 aromatic rings. The minimum absolute atomic E-state index is 0.607. The van der Waals surface area contributed by atoms with E-state index in [1.807, 2.05) is 42.1 Å². The van der Waals surface area contributed by atoms with Crippen molar-refractivity contribution < 1.29 is 0 Å². The number of pyridine rings is 1. The van der Waals surface area contributed by atoms with Crippen molar-refractivity contribution in [2.24, 2.45) is 0 Å². The largest absolute Gasteiger partial charge is 0.383 e. The lowest BCUT2D eigenvalue weighted by Crippen LogP contribution is -2.03. The summed E-state index contributed by atoms with van der Waals surface area (Å²) in [6.07, 6.45) is 1.79. The zero-order valence-electron chi connectivity index (χ0n) is 10.7. The number of fused-ring (bicyclic) bond motifs is 2. The molecule has 0 spiro atoms. The van der Waals surface area contributed by atoms with E-state index in [1.54, 1.807) is 6.20 Å². The molecule has 1 aromatic carbocycles. The molecule has 20 heavy (non-hydrogen) atoms. The molecule has 0 atom stereocenters. The highest BCUT2D eigenvalue weighted by Crippen LogP contribution is 2.34. The molecule has 4 nitrogen and oxygen atoms in total. The highest BCUT2D eigenvalue weighted by molar-refractivity contribution is 7.98. The minimum atomic E-state index is 0.607. The molecule has 0 bridgehead atoms. The van der Waals surface area contributed by atoms with Crippen molar-refractivity contribution in [3.05, 3.63) is 47.8 Å². The Morgan fingerprint density at radius 2 is 1.95 bits per heavy atom. The molecule has 0 saturated heterocycles. The van der Waals surface area contributed by atoms with Gasteiger partial charge in [-0.05, 0) is 12.1 Å². The highest BCUT2D eigenvalue weighted by atomic mass is 32.2. The van der Waals surface area contributed by atoms with Gasteiger partial charge in [0.05, 0.1) is 11.2 Å². The van der Waals surface area contributed by atoms with E-state index in [4.69, 9.17) is 10.7 Å². The summed E-state index contributed by atoms with van der Waals surface area (Å²) >= 11 is 1.83. The van der Waals surface area contributed by atoms with E-state index in [0.717, 1.165) is 39.2 Å². The van der Waals surface area contributed by atoms with Gasteiger partial charge in [0.25, 0.3) is 0 Å². The van der Waals surface area contributed by atoms with Crippen molar-refractivity contribution in [1.82, 2.24) is 15.0 Å². The topological polar surface area (TPSA) is 64.7 Å². The second-order valence-electron chi connectivity index (χ2n) is 4.73. The van der Waals surface area contributed by atoms with Crippen molar-refractivity contribution in [3.63, 3.8) is 0 Å². The summed E-state index contributed by atoms with van der Waals surface area (Å²) in [5.41, 5.74) is 10.2. The van der Waals surface area contributed by atoms with Crippen LogP contribution in [-0.4, -0.2) is 15.0 Å². The average Bonchev–Trinajstić information content (AvgIpc) is 2.95. The molecule has 2 N–H and O–H groups in total. The van der Waals surface area contributed by atoms with E-state index in [2.05, 4.69) is 9.97 Å². The van der Waals surface area contributed by atoms with Gasteiger partial charge in [-0.25, -0.2) is 9.97 Å². The predicted molar refractivity (Wildman–Crippen MR) is 82.2 cm³/mol. The van der Waals surface area contributed by atoms with Crippen molar-refractivity contribution in [2.75, 3.05) is 5.73 Å². The lowest BCUT2D eigenvalue weighted by atomic mass is 10.1. The third-order valence-electron chi connectivity index (χ3n) is 3.50. The van der Waals surface area contributed by atoms with Crippen molar-refractivity contribution in [2.45, 2.75) is 11.5 Å². The first-order chi connectivity index (χ1) is 9.83. The van der Waals surface area contributed by atoms with Crippen LogP contribution in [0.2, 0.25) is 0 Å². The number of nitrogens with zero attached hydrogens (tertiary/aromatic N) is 3. The van der Waals surface area contributed by atoms with Gasteiger partial charge in [-0.1, -0.05) is 18.2 Å². The van der Waals surface area contributed by atoms with Gasteiger partial charge in [0.1, 0.15) is 5.82 Å². The van der Waals surface area contributed by atoms with Crippen LogP contribution in [0.1, 0.15) is 11.3 Å². The predicted octanol–water partition coefficient (Wildman–Crippen LogP) is 3.02. The number of hydrogen-bond acceptors (Lipinski definition) is 5. The molecular formula is C15H12N4S. The third-order valence-corrected chi connectivity index (χ3v) is 4.47. The number of para-hydroxylation sites is 1. The van der Waals surface area contributed by atoms with Crippen LogP contribution in [-0.2, 0) is 11.5 Å². The first-order valence-electron chi connectivity index (χ1n) is 6.40. The summed E-state index contributed by atoms with van der Waals surface area (Å²) in [6.45, 7) is 0. The SMILES string of the molecule is Nc1nc(-c2ccnc3ccccc23)nc2c1CSC2. The summed E-state index contributed by atoms with van der Waals surface area (Å²) in [7, 11) is 0. The molecule has 2 aromatic heterocycles. The third kappa shape index (κ3) is 1.74. The Balaban J connectivity index is 1.98. The number of hydrogen-bond donors (Lipinski definition) is 1. The second kappa shape index (κ2) is 4.45. The summed E-state index contributed by atoms with van der Waals surface area (Å²) in [4.78, 5) is 13.6. The Hall–Kier alpha value is -2.14. The molecule has 1 aliphatic rings. The van der Waals surface area contributed by atoms with Crippen LogP contribution in [0.5, 0.6) is 0 Å². The van der Waals surface area contributed by atoms with E-state index in [1.165, 1.54) is 0 Å². The van der Waals surface area contributed by atoms with Gasteiger partial charge in [-0.2, -0.15) is 11.8 Å². The van der Waals surface area contributed by atoms with Crippen LogP contribution in [0.4, 0.5) is 5.82 Å². The first kappa shape index (κ1) is 11.7. The summed E-state index contributed by atoms with van der Waals surface area (Å²) in [5, 5.41) is 1.06. The zero-order valence-corrected chi connectivity index (χ0v) is 11.5. The number of nitrogens with two attached hydrogens (primary N) is 1. The van der Waals surface area contributed by atoms with Crippen molar-refractivity contribution in [1.29, 1.82) is 0 Å². The summed E-state index contributed by atoms with van der Waals surface area (Å²) < 4.78 is 0. The van der Waals surface area contributed by atoms with Gasteiger partial charge < -0.3 is 5.73 Å². The monoisotopic (exact) mass is 280 g/mol. The molecule has 98 valence electrons. The molecule has 0 radical (unpaired) electrons. The van der Waals surface area contributed by atoms with Crippen LogP contribution in [0.25, 0.3) is 22.3 Å². The lowest BCUT2D eigenvalue weighted by molar-refractivity contribution is 1.08. The molecule has 0 unspecified atom stereocenters. The maximum Gasteiger partial charge on any atom is 0.162 e. The van der Waals surface area contributed by atoms with Crippen molar-refractivity contribution >= 4 is 28.5 Å². The van der Waals surface area contributed by atoms with Gasteiger partial charge in [0.15, 0.2) is 5.82 Å². The van der Waals surface area contributed by atoms with Gasteiger partial charge in [-0.3, -0.25) is 4.98 Å². The number of aromatic nitrogens is 3. The van der Waals surface area contributed by atoms with Gasteiger partial charge >= 0.3 is 0 Å². The fourth-order valence-electron chi connectivity index (χ4n) is 2.49. The smallest absolute Gasteiger partial charge is 0.162 e. The van der Waals surface area contributed by atoms with Crippen LogP contribution < -0.4 is 5.73 Å². The maximum absolute atomic E-state index is 6.07. The lowest BCUT2D eigenvalue weighted by Gasteiger charge is -2.08. The Morgan fingerprint density at radius 3 is 2.90 bits per heavy atom. The normalized spacial score (nSPS) is 13.6. The summed E-state index contributed by atoms with van der Waals surface area (Å²) in [5.74, 6) is 3.13. The first-order valence-corrected chi connectivity index (χ1v) is 7.55. The molecule has 0 fully saturated rings. The van der Waals surface area contributed by atoms with E-state index < -0.39 is 0 Å². The van der Waals surface area contributed by atoms with E-state index in [0.29, 0.717) is 11.6 Å². The van der Waals surface area contributed by atoms with E-state index >= 15 is 0 Å². The Morgan fingerprint density at radius 1 is 1.05 bits per heavy atom. The number of benzene rings is 1.